The molecule has 0 aromatic heterocycles. The molecule has 2 rings (SSSR count). The predicted molar refractivity (Wildman–Crippen MR) is 62.4 cm³/mol. The van der Waals surface area contributed by atoms with Gasteiger partial charge in [-0.25, -0.2) is 4.79 Å². The van der Waals surface area contributed by atoms with Crippen LogP contribution in [0.5, 0.6) is 0 Å². The zero-order chi connectivity index (χ0) is 11.4. The summed E-state index contributed by atoms with van der Waals surface area (Å²) in [7, 11) is 0. The van der Waals surface area contributed by atoms with E-state index >= 15 is 0 Å². The van der Waals surface area contributed by atoms with Gasteiger partial charge in [-0.3, -0.25) is 0 Å². The lowest BCUT2D eigenvalue weighted by Crippen LogP contribution is -2.46. The van der Waals surface area contributed by atoms with Crippen molar-refractivity contribution in [1.29, 1.82) is 0 Å². The van der Waals surface area contributed by atoms with Gasteiger partial charge in [0.25, 0.3) is 0 Å². The van der Waals surface area contributed by atoms with Gasteiger partial charge in [-0.05, 0) is 38.8 Å². The first kappa shape index (κ1) is 12.1. The number of nitrogens with zero attached hydrogens (tertiary/aromatic N) is 2. The molecule has 2 heterocycles. The fourth-order valence-electron chi connectivity index (χ4n) is 2.68. The number of halogens is 1. The van der Waals surface area contributed by atoms with E-state index in [-0.39, 0.29) is 0 Å². The van der Waals surface area contributed by atoms with Crippen LogP contribution in [-0.4, -0.2) is 47.6 Å². The molecule has 0 aromatic carbocycles. The highest BCUT2D eigenvalue weighted by Crippen LogP contribution is 2.21. The summed E-state index contributed by atoms with van der Waals surface area (Å²) >= 11 is 5.18. The molecule has 0 unspecified atom stereocenters. The lowest BCUT2D eigenvalue weighted by atomic mass is 10.0. The summed E-state index contributed by atoms with van der Waals surface area (Å²) in [5.74, 6) is 0. The highest BCUT2D eigenvalue weighted by Gasteiger charge is 2.26. The molecular formula is C11H19ClN2O2. The molecule has 0 spiro atoms. The number of hydrogen-bond donors (Lipinski definition) is 0. The Balaban J connectivity index is 1.73. The molecule has 5 heteroatoms. The van der Waals surface area contributed by atoms with Gasteiger partial charge in [-0.2, -0.15) is 0 Å². The highest BCUT2D eigenvalue weighted by molar-refractivity contribution is 6.61. The van der Waals surface area contributed by atoms with Crippen molar-refractivity contribution in [3.05, 3.63) is 0 Å². The molecule has 2 saturated heterocycles. The van der Waals surface area contributed by atoms with Gasteiger partial charge >= 0.3 is 5.43 Å². The summed E-state index contributed by atoms with van der Waals surface area (Å²) in [6.45, 7) is 4.08. The quantitative estimate of drug-likeness (QED) is 0.700. The van der Waals surface area contributed by atoms with Gasteiger partial charge in [-0.15, -0.1) is 5.06 Å². The van der Waals surface area contributed by atoms with E-state index < -0.39 is 5.43 Å². The molecular weight excluding hydrogens is 228 g/mol. The van der Waals surface area contributed by atoms with Crippen LogP contribution in [0.3, 0.4) is 0 Å². The van der Waals surface area contributed by atoms with Crippen LogP contribution in [0.15, 0.2) is 0 Å². The van der Waals surface area contributed by atoms with Crippen molar-refractivity contribution in [1.82, 2.24) is 9.96 Å². The Morgan fingerprint density at radius 3 is 2.25 bits per heavy atom. The second-order valence-electron chi connectivity index (χ2n) is 4.59. The summed E-state index contributed by atoms with van der Waals surface area (Å²) < 4.78 is 0. The van der Waals surface area contributed by atoms with Crippen LogP contribution in [0, 0.1) is 0 Å². The maximum atomic E-state index is 10.6. The third kappa shape index (κ3) is 3.34. The first-order valence-corrected chi connectivity index (χ1v) is 6.50. The normalized spacial score (nSPS) is 25.6. The molecule has 2 aliphatic heterocycles. The Morgan fingerprint density at radius 1 is 1.06 bits per heavy atom. The minimum Gasteiger partial charge on any atom is -0.355 e. The zero-order valence-electron chi connectivity index (χ0n) is 9.53. The number of hydroxylamine groups is 2. The Morgan fingerprint density at radius 2 is 1.69 bits per heavy atom. The monoisotopic (exact) mass is 246 g/mol. The third-order valence-corrected chi connectivity index (χ3v) is 3.60. The van der Waals surface area contributed by atoms with E-state index in [0.29, 0.717) is 6.04 Å². The second kappa shape index (κ2) is 5.84. The van der Waals surface area contributed by atoms with Gasteiger partial charge in [0, 0.05) is 30.7 Å². The first-order valence-electron chi connectivity index (χ1n) is 6.12. The summed E-state index contributed by atoms with van der Waals surface area (Å²) in [5, 5.41) is 1.68. The second-order valence-corrected chi connectivity index (χ2v) is 4.89. The Bertz CT molecular complexity index is 236. The van der Waals surface area contributed by atoms with Crippen molar-refractivity contribution >= 4 is 17.0 Å². The van der Waals surface area contributed by atoms with Crippen LogP contribution in [0.4, 0.5) is 4.79 Å². The number of rotatable bonds is 2. The van der Waals surface area contributed by atoms with Crippen LogP contribution in [0.25, 0.3) is 0 Å². The highest BCUT2D eigenvalue weighted by atomic mass is 35.5. The fourth-order valence-corrected chi connectivity index (χ4v) is 2.78. The molecule has 2 aliphatic rings. The van der Waals surface area contributed by atoms with Crippen molar-refractivity contribution in [3.63, 3.8) is 0 Å². The number of carbonyl (C=O) groups is 1. The largest absolute Gasteiger partial charge is 0.422 e. The van der Waals surface area contributed by atoms with E-state index in [2.05, 4.69) is 4.90 Å². The van der Waals surface area contributed by atoms with Crippen LogP contribution in [0.1, 0.15) is 32.1 Å². The van der Waals surface area contributed by atoms with E-state index in [9.17, 15) is 4.79 Å². The molecule has 0 bridgehead atoms. The standard InChI is InChI=1S/C11H19ClN2O2/c12-11(15)16-14-8-4-10(5-9-14)13-6-2-1-3-7-13/h10H,1-9H2. The summed E-state index contributed by atoms with van der Waals surface area (Å²) in [6.07, 6.45) is 6.18. The van der Waals surface area contributed by atoms with Gasteiger partial charge in [0.2, 0.25) is 0 Å². The van der Waals surface area contributed by atoms with E-state index in [1.807, 2.05) is 0 Å². The topological polar surface area (TPSA) is 32.8 Å². The lowest BCUT2D eigenvalue weighted by Gasteiger charge is -2.39. The first-order chi connectivity index (χ1) is 7.75. The van der Waals surface area contributed by atoms with Crippen LogP contribution < -0.4 is 0 Å². The molecule has 2 fully saturated rings. The summed E-state index contributed by atoms with van der Waals surface area (Å²) in [5.41, 5.74) is -0.726. The third-order valence-electron chi connectivity index (χ3n) is 3.53. The van der Waals surface area contributed by atoms with E-state index in [1.54, 1.807) is 5.06 Å². The Kier molecular flexibility index (Phi) is 4.44. The van der Waals surface area contributed by atoms with Crippen LogP contribution in [-0.2, 0) is 4.84 Å². The zero-order valence-corrected chi connectivity index (χ0v) is 10.3. The minimum absolute atomic E-state index is 0.672. The smallest absolute Gasteiger partial charge is 0.355 e. The molecule has 0 N–H and O–H groups in total. The van der Waals surface area contributed by atoms with E-state index in [0.717, 1.165) is 25.9 Å². The SMILES string of the molecule is O=C(Cl)ON1CCC(N2CCCCC2)CC1. The maximum absolute atomic E-state index is 10.6. The summed E-state index contributed by atoms with van der Waals surface area (Å²) in [4.78, 5) is 18.0. The number of carbonyl (C=O) groups excluding carboxylic acids is 1. The van der Waals surface area contributed by atoms with Gasteiger partial charge < -0.3 is 9.74 Å². The molecule has 16 heavy (non-hydrogen) atoms. The molecule has 0 atom stereocenters. The maximum Gasteiger partial charge on any atom is 0.422 e. The van der Waals surface area contributed by atoms with Gasteiger partial charge in [-0.1, -0.05) is 6.42 Å². The van der Waals surface area contributed by atoms with Gasteiger partial charge in [0.1, 0.15) is 0 Å². The fraction of sp³-hybridized carbons (Fsp3) is 0.909. The van der Waals surface area contributed by atoms with Crippen LogP contribution >= 0.6 is 11.6 Å². The molecule has 0 saturated carbocycles. The number of likely N-dealkylation sites (tertiary alicyclic amines) is 1. The lowest BCUT2D eigenvalue weighted by molar-refractivity contribution is -0.112. The predicted octanol–water partition coefficient (Wildman–Crippen LogP) is 2.23. The van der Waals surface area contributed by atoms with Crippen LogP contribution in [0.2, 0.25) is 0 Å². The average molecular weight is 247 g/mol. The van der Waals surface area contributed by atoms with Gasteiger partial charge in [0.05, 0.1) is 0 Å². The van der Waals surface area contributed by atoms with Crippen molar-refractivity contribution in [3.8, 4) is 0 Å². The molecule has 0 aliphatic carbocycles. The Labute approximate surface area is 101 Å². The molecule has 0 amide bonds. The van der Waals surface area contributed by atoms with E-state index in [4.69, 9.17) is 16.4 Å². The number of hydrogen-bond acceptors (Lipinski definition) is 4. The minimum atomic E-state index is -0.726. The number of piperidine rings is 2. The van der Waals surface area contributed by atoms with Crippen molar-refractivity contribution < 1.29 is 9.63 Å². The van der Waals surface area contributed by atoms with E-state index in [1.165, 1.54) is 32.4 Å². The molecule has 4 nitrogen and oxygen atoms in total. The summed E-state index contributed by atoms with van der Waals surface area (Å²) in [6, 6.07) is 0.672. The molecule has 0 radical (unpaired) electrons. The van der Waals surface area contributed by atoms with Crippen molar-refractivity contribution in [2.45, 2.75) is 38.1 Å². The van der Waals surface area contributed by atoms with Gasteiger partial charge in [0.15, 0.2) is 0 Å². The van der Waals surface area contributed by atoms with Crippen molar-refractivity contribution in [2.75, 3.05) is 26.2 Å². The Hall–Kier alpha value is -0.320. The van der Waals surface area contributed by atoms with Crippen molar-refractivity contribution in [2.24, 2.45) is 0 Å². The average Bonchev–Trinajstić information content (AvgIpc) is 2.30. The molecule has 92 valence electrons. The molecule has 0 aromatic rings.